The zero-order valence-electron chi connectivity index (χ0n) is 28.3. The number of carboxylic acid groups (broad SMARTS) is 1. The minimum Gasteiger partial charge on any atom is -0.480 e. The van der Waals surface area contributed by atoms with E-state index < -0.39 is 39.3 Å². The van der Waals surface area contributed by atoms with E-state index in [1.54, 1.807) is 57.2 Å². The van der Waals surface area contributed by atoms with E-state index in [1.807, 2.05) is 32.9 Å². The number of hydrogen-bond acceptors (Lipinski definition) is 9. The first-order valence-corrected chi connectivity index (χ1v) is 17.3. The highest BCUT2D eigenvalue weighted by atomic mass is 32.2. The van der Waals surface area contributed by atoms with Gasteiger partial charge in [0.25, 0.3) is 0 Å². The lowest BCUT2D eigenvalue weighted by Crippen LogP contribution is -2.51. The third-order valence-corrected chi connectivity index (χ3v) is 8.81. The number of hydrogen-bond donors (Lipinski definition) is 4. The first kappa shape index (κ1) is 36.4. The van der Waals surface area contributed by atoms with Crippen molar-refractivity contribution < 1.29 is 37.1 Å². The summed E-state index contributed by atoms with van der Waals surface area (Å²) in [5.41, 5.74) is -0.119. The van der Waals surface area contributed by atoms with Crippen molar-refractivity contribution in [2.75, 3.05) is 13.1 Å². The van der Waals surface area contributed by atoms with Crippen LogP contribution in [0.2, 0.25) is 0 Å². The van der Waals surface area contributed by atoms with Gasteiger partial charge in [-0.1, -0.05) is 63.2 Å². The third-order valence-electron chi connectivity index (χ3n) is 7.37. The maximum absolute atomic E-state index is 13.7. The van der Waals surface area contributed by atoms with Crippen molar-refractivity contribution in [2.45, 2.75) is 90.8 Å². The van der Waals surface area contributed by atoms with Gasteiger partial charge in [0, 0.05) is 42.1 Å². The molecule has 0 aliphatic carbocycles. The molecule has 0 spiro atoms. The number of amides is 2. The Labute approximate surface area is 281 Å². The fourth-order valence-electron chi connectivity index (χ4n) is 5.11. The summed E-state index contributed by atoms with van der Waals surface area (Å²) in [7, 11) is -4.73. The van der Waals surface area contributed by atoms with Gasteiger partial charge in [-0.3, -0.25) is 19.9 Å². The number of aliphatic imine (C=N–C) groups is 1. The number of nitrogens with one attached hydrogen (secondary N) is 3. The summed E-state index contributed by atoms with van der Waals surface area (Å²) in [4.78, 5) is 42.4. The number of carbonyl (C=O) groups excluding carboxylic acids is 2. The fourth-order valence-corrected chi connectivity index (χ4v) is 6.33. The molecule has 2 aromatic carbocycles. The van der Waals surface area contributed by atoms with Gasteiger partial charge in [-0.2, -0.15) is 17.4 Å². The number of rotatable bonds is 11. The van der Waals surface area contributed by atoms with Crippen LogP contribution in [0.5, 0.6) is 0 Å². The van der Waals surface area contributed by atoms with Crippen molar-refractivity contribution in [3.63, 3.8) is 0 Å². The average molecular weight is 684 g/mol. The number of fused-ring (bicyclic) bond motifs is 1. The first-order valence-electron chi connectivity index (χ1n) is 15.9. The van der Waals surface area contributed by atoms with Crippen LogP contribution < -0.4 is 15.4 Å². The van der Waals surface area contributed by atoms with Gasteiger partial charge in [-0.25, -0.2) is 4.79 Å². The maximum Gasteiger partial charge on any atom is 0.425 e. The van der Waals surface area contributed by atoms with Crippen molar-refractivity contribution in [2.24, 2.45) is 4.99 Å². The summed E-state index contributed by atoms with van der Waals surface area (Å²) in [6.07, 6.45) is 0.0945. The number of carboxylic acids is 1. The molecule has 260 valence electrons. The Morgan fingerprint density at radius 1 is 1.04 bits per heavy atom. The normalized spacial score (nSPS) is 14.5. The predicted octanol–water partition coefficient (Wildman–Crippen LogP) is 4.40. The molecule has 1 aliphatic heterocycles. The van der Waals surface area contributed by atoms with Gasteiger partial charge in [0.1, 0.15) is 23.2 Å². The summed E-state index contributed by atoms with van der Waals surface area (Å²) in [5, 5.41) is 17.4. The van der Waals surface area contributed by atoms with Crippen molar-refractivity contribution in [3.05, 3.63) is 71.2 Å². The lowest BCUT2D eigenvalue weighted by Gasteiger charge is -2.28. The van der Waals surface area contributed by atoms with Crippen molar-refractivity contribution in [1.29, 1.82) is 0 Å². The molecule has 0 radical (unpaired) electrons. The predicted molar refractivity (Wildman–Crippen MR) is 182 cm³/mol. The van der Waals surface area contributed by atoms with Gasteiger partial charge in [-0.15, -0.1) is 0 Å². The fraction of sp³-hybridized carbons (Fsp3) is 0.471. The molecule has 0 saturated carbocycles. The molecule has 0 fully saturated rings. The molecule has 0 saturated heterocycles. The van der Waals surface area contributed by atoms with Crippen LogP contribution in [0.3, 0.4) is 0 Å². The minimum absolute atomic E-state index is 0.170. The van der Waals surface area contributed by atoms with Crippen LogP contribution >= 0.6 is 0 Å². The smallest absolute Gasteiger partial charge is 0.425 e. The van der Waals surface area contributed by atoms with Crippen LogP contribution in [-0.2, 0) is 49.3 Å². The SMILES string of the molecule is CC(C)(C)OC(=O)N(Cc1ccccc1)S(=O)(=O)NC(Cc1oc(C(C)(C)C)c2cc(CCC(=O)NC3=NCCCN3)ccc12)C(=O)O. The van der Waals surface area contributed by atoms with E-state index >= 15 is 0 Å². The molecule has 2 amide bonds. The number of aryl methyl sites for hydroxylation is 1. The summed E-state index contributed by atoms with van der Waals surface area (Å²) in [6.45, 7) is 11.7. The third kappa shape index (κ3) is 9.80. The number of benzene rings is 2. The Morgan fingerprint density at radius 3 is 2.35 bits per heavy atom. The molecule has 1 unspecified atom stereocenters. The molecule has 0 bridgehead atoms. The topological polar surface area (TPSA) is 180 Å². The number of furan rings is 1. The zero-order valence-corrected chi connectivity index (χ0v) is 29.1. The quantitative estimate of drug-likeness (QED) is 0.228. The van der Waals surface area contributed by atoms with E-state index in [2.05, 4.69) is 20.3 Å². The van der Waals surface area contributed by atoms with Crippen LogP contribution in [0, 0.1) is 0 Å². The van der Waals surface area contributed by atoms with E-state index in [0.717, 1.165) is 23.9 Å². The lowest BCUT2D eigenvalue weighted by atomic mass is 9.89. The van der Waals surface area contributed by atoms with Crippen LogP contribution in [0.25, 0.3) is 10.8 Å². The molecule has 2 heterocycles. The largest absolute Gasteiger partial charge is 0.480 e. The van der Waals surface area contributed by atoms with E-state index in [9.17, 15) is 27.9 Å². The van der Waals surface area contributed by atoms with Gasteiger partial charge in [0.05, 0.1) is 6.54 Å². The summed E-state index contributed by atoms with van der Waals surface area (Å²) < 4.78 is 41.7. The molecule has 4 rings (SSSR count). The second-order valence-corrected chi connectivity index (χ2v) is 15.4. The monoisotopic (exact) mass is 683 g/mol. The molecule has 3 aromatic rings. The van der Waals surface area contributed by atoms with Crippen LogP contribution in [0.1, 0.15) is 77.0 Å². The van der Waals surface area contributed by atoms with Crippen LogP contribution in [-0.4, -0.2) is 66.5 Å². The van der Waals surface area contributed by atoms with Crippen molar-refractivity contribution >= 4 is 44.9 Å². The molecule has 48 heavy (non-hydrogen) atoms. The highest BCUT2D eigenvalue weighted by Gasteiger charge is 2.36. The molecule has 1 aliphatic rings. The Balaban J connectivity index is 1.59. The molecule has 4 N–H and O–H groups in total. The van der Waals surface area contributed by atoms with Gasteiger partial charge in [0.2, 0.25) is 5.91 Å². The van der Waals surface area contributed by atoms with E-state index in [1.165, 1.54) is 0 Å². The molecule has 1 aromatic heterocycles. The highest BCUT2D eigenvalue weighted by Crippen LogP contribution is 2.36. The second-order valence-electron chi connectivity index (χ2n) is 13.7. The number of carbonyl (C=O) groups is 3. The van der Waals surface area contributed by atoms with E-state index in [4.69, 9.17) is 9.15 Å². The summed E-state index contributed by atoms with van der Waals surface area (Å²) >= 11 is 0. The Morgan fingerprint density at radius 2 is 1.75 bits per heavy atom. The molecule has 1 atom stereocenters. The van der Waals surface area contributed by atoms with Crippen LogP contribution in [0.15, 0.2) is 57.9 Å². The molecular weight excluding hydrogens is 638 g/mol. The van der Waals surface area contributed by atoms with E-state index in [-0.39, 0.29) is 31.1 Å². The van der Waals surface area contributed by atoms with Gasteiger partial charge < -0.3 is 19.6 Å². The van der Waals surface area contributed by atoms with E-state index in [0.29, 0.717) is 39.9 Å². The summed E-state index contributed by atoms with van der Waals surface area (Å²) in [5.74, 6) is -0.289. The Hall–Kier alpha value is -4.43. The number of aliphatic carboxylic acids is 1. The molecule has 13 nitrogen and oxygen atoms in total. The Kier molecular flexibility index (Phi) is 11.2. The standard InChI is InChI=1S/C34H45N5O8S/c1-33(2,3)29-25-19-22(14-16-28(40)37-31-35-17-10-18-36-31)13-15-24(25)27(46-29)20-26(30(41)42)38-48(44,45)39(32(43)47-34(4,5)6)21-23-11-8-7-9-12-23/h7-9,11-13,15,19,26,38H,10,14,16-18,20-21H2,1-6H3,(H,41,42)(H2,35,36,37,40). The van der Waals surface area contributed by atoms with Crippen molar-refractivity contribution in [1.82, 2.24) is 19.7 Å². The average Bonchev–Trinajstić information content (AvgIpc) is 3.36. The zero-order chi connectivity index (χ0) is 35.3. The summed E-state index contributed by atoms with van der Waals surface area (Å²) in [6, 6.07) is 12.3. The number of ether oxygens (including phenoxy) is 1. The minimum atomic E-state index is -4.73. The highest BCUT2D eigenvalue weighted by molar-refractivity contribution is 7.87. The van der Waals surface area contributed by atoms with Crippen molar-refractivity contribution in [3.8, 4) is 0 Å². The van der Waals surface area contributed by atoms with Gasteiger partial charge >= 0.3 is 22.3 Å². The maximum atomic E-state index is 13.7. The van der Waals surface area contributed by atoms with Crippen LogP contribution in [0.4, 0.5) is 4.79 Å². The van der Waals surface area contributed by atoms with Gasteiger partial charge in [0.15, 0.2) is 5.96 Å². The first-order chi connectivity index (χ1) is 22.4. The lowest BCUT2D eigenvalue weighted by molar-refractivity contribution is -0.139. The second kappa shape index (κ2) is 14.8. The number of nitrogens with zero attached hydrogens (tertiary/aromatic N) is 2. The Bertz CT molecular complexity index is 1770. The van der Waals surface area contributed by atoms with Gasteiger partial charge in [-0.05, 0) is 50.8 Å². The molecular formula is C34H45N5O8S. The molecule has 14 heteroatoms. The number of guanidine groups is 1.